The van der Waals surface area contributed by atoms with Crippen molar-refractivity contribution in [3.05, 3.63) is 34.9 Å². The second kappa shape index (κ2) is 5.41. The number of aliphatic hydroxyl groups is 1. The minimum absolute atomic E-state index is 0.440. The average molecular weight is 253 g/mol. The van der Waals surface area contributed by atoms with Crippen molar-refractivity contribution < 1.29 is 5.11 Å². The molecule has 0 heterocycles. The maximum Gasteiger partial charge on any atom is 0.0715 e. The van der Waals surface area contributed by atoms with Gasteiger partial charge in [-0.2, -0.15) is 0 Å². The molecule has 1 fully saturated rings. The summed E-state index contributed by atoms with van der Waals surface area (Å²) in [5, 5.41) is 11.6. The van der Waals surface area contributed by atoms with Crippen LogP contribution >= 0.6 is 11.6 Å². The van der Waals surface area contributed by atoms with E-state index in [1.807, 2.05) is 18.2 Å². The molecule has 1 nitrogen and oxygen atoms in total. The van der Waals surface area contributed by atoms with Gasteiger partial charge in [-0.25, -0.2) is 0 Å². The fraction of sp³-hybridized carbons (Fsp3) is 0.600. The zero-order chi connectivity index (χ0) is 12.3. The van der Waals surface area contributed by atoms with Crippen molar-refractivity contribution in [1.29, 1.82) is 0 Å². The normalized spacial score (nSPS) is 29.2. The lowest BCUT2D eigenvalue weighted by Gasteiger charge is -2.40. The van der Waals surface area contributed by atoms with Crippen LogP contribution in [0, 0.1) is 5.92 Å². The SMILES string of the molecule is CCC1CCCCC1(O)Cc1cccc(Cl)c1. The molecule has 2 atom stereocenters. The molecule has 1 aliphatic rings. The van der Waals surface area contributed by atoms with E-state index in [2.05, 4.69) is 13.0 Å². The predicted octanol–water partition coefficient (Wildman–Crippen LogP) is 4.21. The van der Waals surface area contributed by atoms with Gasteiger partial charge in [0.25, 0.3) is 0 Å². The minimum atomic E-state index is -0.516. The average Bonchev–Trinajstić information content (AvgIpc) is 2.29. The Kier molecular flexibility index (Phi) is 4.11. The second-order valence-corrected chi connectivity index (χ2v) is 5.70. The molecule has 1 aliphatic carbocycles. The molecule has 2 unspecified atom stereocenters. The first-order valence-corrected chi connectivity index (χ1v) is 6.98. The summed E-state index contributed by atoms with van der Waals surface area (Å²) in [6.07, 6.45) is 6.30. The molecule has 0 spiro atoms. The van der Waals surface area contributed by atoms with E-state index in [4.69, 9.17) is 11.6 Å². The Morgan fingerprint density at radius 2 is 2.24 bits per heavy atom. The van der Waals surface area contributed by atoms with Gasteiger partial charge in [-0.15, -0.1) is 0 Å². The Morgan fingerprint density at radius 3 is 2.94 bits per heavy atom. The fourth-order valence-electron chi connectivity index (χ4n) is 3.11. The van der Waals surface area contributed by atoms with Crippen molar-refractivity contribution in [3.63, 3.8) is 0 Å². The van der Waals surface area contributed by atoms with Gasteiger partial charge in [-0.1, -0.05) is 49.9 Å². The molecule has 2 rings (SSSR count). The van der Waals surface area contributed by atoms with Crippen LogP contribution in [0.1, 0.15) is 44.6 Å². The summed E-state index contributed by atoms with van der Waals surface area (Å²) < 4.78 is 0. The Balaban J connectivity index is 2.14. The van der Waals surface area contributed by atoms with Crippen LogP contribution in [0.3, 0.4) is 0 Å². The van der Waals surface area contributed by atoms with Crippen LogP contribution in [-0.2, 0) is 6.42 Å². The quantitative estimate of drug-likeness (QED) is 0.854. The molecule has 0 radical (unpaired) electrons. The molecule has 94 valence electrons. The third-order valence-corrected chi connectivity index (χ3v) is 4.30. The van der Waals surface area contributed by atoms with Crippen LogP contribution in [-0.4, -0.2) is 10.7 Å². The summed E-state index contributed by atoms with van der Waals surface area (Å²) in [5.41, 5.74) is 0.637. The molecular weight excluding hydrogens is 232 g/mol. The molecular formula is C15H21ClO. The molecule has 17 heavy (non-hydrogen) atoms. The van der Waals surface area contributed by atoms with Gasteiger partial charge in [0.15, 0.2) is 0 Å². The number of hydrogen-bond donors (Lipinski definition) is 1. The van der Waals surface area contributed by atoms with Crippen molar-refractivity contribution in [2.45, 2.75) is 51.0 Å². The minimum Gasteiger partial charge on any atom is -0.389 e. The topological polar surface area (TPSA) is 20.2 Å². The Labute approximate surface area is 109 Å². The first-order valence-electron chi connectivity index (χ1n) is 6.61. The highest BCUT2D eigenvalue weighted by Gasteiger charge is 2.37. The highest BCUT2D eigenvalue weighted by atomic mass is 35.5. The molecule has 1 aromatic carbocycles. The maximum absolute atomic E-state index is 10.8. The lowest BCUT2D eigenvalue weighted by molar-refractivity contribution is -0.0491. The summed E-state index contributed by atoms with van der Waals surface area (Å²) in [4.78, 5) is 0. The number of rotatable bonds is 3. The van der Waals surface area contributed by atoms with Gasteiger partial charge >= 0.3 is 0 Å². The van der Waals surface area contributed by atoms with E-state index in [0.717, 1.165) is 42.7 Å². The number of benzene rings is 1. The predicted molar refractivity (Wildman–Crippen MR) is 72.4 cm³/mol. The molecule has 1 aromatic rings. The zero-order valence-corrected chi connectivity index (χ0v) is 11.2. The van der Waals surface area contributed by atoms with Crippen LogP contribution in [0.2, 0.25) is 5.02 Å². The molecule has 1 saturated carbocycles. The molecule has 0 amide bonds. The van der Waals surface area contributed by atoms with E-state index in [0.29, 0.717) is 5.92 Å². The first-order chi connectivity index (χ1) is 8.14. The summed E-state index contributed by atoms with van der Waals surface area (Å²) in [5.74, 6) is 0.440. The van der Waals surface area contributed by atoms with E-state index in [9.17, 15) is 5.11 Å². The van der Waals surface area contributed by atoms with Crippen LogP contribution in [0.5, 0.6) is 0 Å². The van der Waals surface area contributed by atoms with Crippen molar-refractivity contribution in [3.8, 4) is 0 Å². The van der Waals surface area contributed by atoms with Gasteiger partial charge < -0.3 is 5.11 Å². The highest BCUT2D eigenvalue weighted by molar-refractivity contribution is 6.30. The van der Waals surface area contributed by atoms with Gasteiger partial charge in [0.2, 0.25) is 0 Å². The van der Waals surface area contributed by atoms with E-state index in [1.165, 1.54) is 6.42 Å². The third kappa shape index (κ3) is 3.02. The largest absolute Gasteiger partial charge is 0.389 e. The third-order valence-electron chi connectivity index (χ3n) is 4.06. The summed E-state index contributed by atoms with van der Waals surface area (Å²) >= 11 is 6.00. The summed E-state index contributed by atoms with van der Waals surface area (Å²) in [7, 11) is 0. The summed E-state index contributed by atoms with van der Waals surface area (Å²) in [6.45, 7) is 2.18. The molecule has 0 bridgehead atoms. The Morgan fingerprint density at radius 1 is 1.41 bits per heavy atom. The monoisotopic (exact) mass is 252 g/mol. The van der Waals surface area contributed by atoms with Crippen molar-refractivity contribution in [2.24, 2.45) is 5.92 Å². The molecule has 0 aromatic heterocycles. The lowest BCUT2D eigenvalue weighted by Crippen LogP contribution is -2.42. The van der Waals surface area contributed by atoms with E-state index in [-0.39, 0.29) is 0 Å². The van der Waals surface area contributed by atoms with Crippen LogP contribution < -0.4 is 0 Å². The number of halogens is 1. The van der Waals surface area contributed by atoms with E-state index < -0.39 is 5.60 Å². The van der Waals surface area contributed by atoms with E-state index in [1.54, 1.807) is 0 Å². The van der Waals surface area contributed by atoms with Crippen LogP contribution in [0.15, 0.2) is 24.3 Å². The lowest BCUT2D eigenvalue weighted by atomic mass is 9.71. The maximum atomic E-state index is 10.8. The molecule has 1 N–H and O–H groups in total. The van der Waals surface area contributed by atoms with Gasteiger partial charge in [0.1, 0.15) is 0 Å². The Hall–Kier alpha value is -0.530. The second-order valence-electron chi connectivity index (χ2n) is 5.26. The smallest absolute Gasteiger partial charge is 0.0715 e. The van der Waals surface area contributed by atoms with E-state index >= 15 is 0 Å². The Bertz CT molecular complexity index is 377. The fourth-order valence-corrected chi connectivity index (χ4v) is 3.32. The van der Waals surface area contributed by atoms with Gasteiger partial charge in [0.05, 0.1) is 5.60 Å². The van der Waals surface area contributed by atoms with Crippen LogP contribution in [0.25, 0.3) is 0 Å². The van der Waals surface area contributed by atoms with Crippen molar-refractivity contribution in [1.82, 2.24) is 0 Å². The zero-order valence-electron chi connectivity index (χ0n) is 10.5. The summed E-state index contributed by atoms with van der Waals surface area (Å²) in [6, 6.07) is 7.88. The molecule has 0 saturated heterocycles. The van der Waals surface area contributed by atoms with Crippen molar-refractivity contribution >= 4 is 11.6 Å². The van der Waals surface area contributed by atoms with Crippen LogP contribution in [0.4, 0.5) is 0 Å². The number of hydrogen-bond acceptors (Lipinski definition) is 1. The van der Waals surface area contributed by atoms with Gasteiger partial charge in [-0.3, -0.25) is 0 Å². The molecule has 0 aliphatic heterocycles. The van der Waals surface area contributed by atoms with Crippen molar-refractivity contribution in [2.75, 3.05) is 0 Å². The van der Waals surface area contributed by atoms with Gasteiger partial charge in [0, 0.05) is 11.4 Å². The first kappa shape index (κ1) is 12.9. The highest BCUT2D eigenvalue weighted by Crippen LogP contribution is 2.38. The van der Waals surface area contributed by atoms with Gasteiger partial charge in [-0.05, 0) is 36.5 Å². The standard InChI is InChI=1S/C15H21ClO/c1-2-13-7-3-4-9-15(13,17)11-12-6-5-8-14(16)10-12/h5-6,8,10,13,17H,2-4,7,9,11H2,1H3. The molecule has 2 heteroatoms.